The number of Topliss-reactive ketones (excluding diaryl/α,β-unsaturated/α-hetero) is 1. The van der Waals surface area contributed by atoms with Crippen LogP contribution in [-0.4, -0.2) is 75.5 Å². The first-order valence-electron chi connectivity index (χ1n) is 14.6. The number of fused-ring (bicyclic) bond motifs is 1. The van der Waals surface area contributed by atoms with Gasteiger partial charge in [-0.3, -0.25) is 19.3 Å². The number of ether oxygens (including phenoxy) is 3. The van der Waals surface area contributed by atoms with Gasteiger partial charge in [0.05, 0.1) is 24.9 Å². The fourth-order valence-electron chi connectivity index (χ4n) is 5.48. The highest BCUT2D eigenvalue weighted by Gasteiger charge is 2.58. The van der Waals surface area contributed by atoms with Crippen molar-refractivity contribution >= 4 is 51.1 Å². The largest absolute Gasteiger partial charge is 0.497 e. The fourth-order valence-corrected chi connectivity index (χ4v) is 6.23. The molecule has 2 aliphatic rings. The zero-order valence-corrected chi connectivity index (χ0v) is 26.9. The number of methoxy groups -OCH3 is 1. The highest BCUT2D eigenvalue weighted by Crippen LogP contribution is 2.45. The van der Waals surface area contributed by atoms with Crippen LogP contribution >= 0.6 is 11.3 Å². The number of rotatable bonds is 9. The van der Waals surface area contributed by atoms with E-state index in [0.717, 1.165) is 0 Å². The number of ketones is 1. The third-order valence-corrected chi connectivity index (χ3v) is 8.55. The van der Waals surface area contributed by atoms with E-state index in [1.807, 2.05) is 6.07 Å². The highest BCUT2D eigenvalue weighted by atomic mass is 32.1. The molecule has 5 rings (SSSR count). The number of hydrogen-bond donors (Lipinski definition) is 2. The fraction of sp³-hybridized carbons (Fsp3) is 0.438. The summed E-state index contributed by atoms with van der Waals surface area (Å²) in [5, 5.41) is 8.49. The van der Waals surface area contributed by atoms with E-state index in [-0.39, 0.29) is 30.6 Å². The maximum Gasteiger partial charge on any atom is 0.411 e. The zero-order chi connectivity index (χ0) is 32.7. The minimum absolute atomic E-state index is 0.0731. The molecular weight excluding hydrogens is 598 g/mol. The predicted molar refractivity (Wildman–Crippen MR) is 169 cm³/mol. The Hall–Kier alpha value is -4.52. The number of amides is 3. The molecule has 13 heteroatoms. The van der Waals surface area contributed by atoms with E-state index in [1.165, 1.54) is 30.1 Å². The summed E-state index contributed by atoms with van der Waals surface area (Å²) in [6.45, 7) is 12.0. The molecule has 1 aliphatic heterocycles. The number of aromatic nitrogens is 2. The lowest BCUT2D eigenvalue weighted by molar-refractivity contribution is -0.130. The standard InChI is InChI=1S/C32H37N5O7S/c1-8-19-14-32(19,17(2)38)36-28(40)26-12-21(15-37(26)30(41)44-31(4,5)6)43-27-13-24(25-16-45-29(35-25)33-18(3)39)34-23-11-20(42-7)9-10-22(23)27/h8-11,13,16,19,21,26H,1,12,14-15H2,2-7H3,(H,36,40)(H,33,35,39)/t19?,21-,26+,32+/m1/s1. The van der Waals surface area contributed by atoms with Crippen molar-refractivity contribution in [2.45, 2.75) is 70.7 Å². The Morgan fingerprint density at radius 1 is 1.13 bits per heavy atom. The second-order valence-corrected chi connectivity index (χ2v) is 13.2. The van der Waals surface area contributed by atoms with Crippen molar-refractivity contribution in [1.29, 1.82) is 0 Å². The quantitative estimate of drug-likeness (QED) is 0.318. The van der Waals surface area contributed by atoms with Crippen LogP contribution < -0.4 is 20.1 Å². The smallest absolute Gasteiger partial charge is 0.411 e. The van der Waals surface area contributed by atoms with Crippen LogP contribution in [0.25, 0.3) is 22.3 Å². The van der Waals surface area contributed by atoms with Gasteiger partial charge >= 0.3 is 6.09 Å². The van der Waals surface area contributed by atoms with Gasteiger partial charge in [0.1, 0.15) is 40.5 Å². The first-order valence-corrected chi connectivity index (χ1v) is 15.4. The molecule has 4 atom stereocenters. The molecule has 0 bridgehead atoms. The van der Waals surface area contributed by atoms with Crippen LogP contribution in [0.15, 0.2) is 42.3 Å². The van der Waals surface area contributed by atoms with Crippen molar-refractivity contribution in [3.05, 3.63) is 42.3 Å². The molecule has 2 N–H and O–H groups in total. The van der Waals surface area contributed by atoms with Gasteiger partial charge in [0.25, 0.3) is 0 Å². The lowest BCUT2D eigenvalue weighted by atomic mass is 10.1. The minimum atomic E-state index is -1.02. The van der Waals surface area contributed by atoms with Gasteiger partial charge in [-0.2, -0.15) is 0 Å². The molecule has 2 fully saturated rings. The topological polar surface area (TPSA) is 149 Å². The molecule has 1 unspecified atom stereocenters. The summed E-state index contributed by atoms with van der Waals surface area (Å²) in [5.41, 5.74) is -0.188. The van der Waals surface area contributed by atoms with Gasteiger partial charge in [-0.15, -0.1) is 17.9 Å². The molecule has 0 spiro atoms. The summed E-state index contributed by atoms with van der Waals surface area (Å²) >= 11 is 1.27. The first-order chi connectivity index (χ1) is 21.2. The molecule has 1 aromatic carbocycles. The summed E-state index contributed by atoms with van der Waals surface area (Å²) < 4.78 is 17.6. The van der Waals surface area contributed by atoms with Crippen molar-refractivity contribution in [2.75, 3.05) is 19.0 Å². The molecule has 238 valence electrons. The molecule has 3 amide bonds. The molecule has 1 aliphatic carbocycles. The van der Waals surface area contributed by atoms with Crippen molar-refractivity contribution < 1.29 is 33.4 Å². The second-order valence-electron chi connectivity index (χ2n) is 12.3. The number of carbonyl (C=O) groups is 4. The van der Waals surface area contributed by atoms with Gasteiger partial charge in [-0.05, 0) is 46.2 Å². The van der Waals surface area contributed by atoms with Crippen LogP contribution in [0.2, 0.25) is 0 Å². The van der Waals surface area contributed by atoms with E-state index < -0.39 is 35.3 Å². The van der Waals surface area contributed by atoms with Crippen LogP contribution in [0.5, 0.6) is 11.5 Å². The molecule has 2 aromatic heterocycles. The van der Waals surface area contributed by atoms with E-state index in [9.17, 15) is 19.2 Å². The van der Waals surface area contributed by atoms with E-state index in [1.54, 1.807) is 57.5 Å². The van der Waals surface area contributed by atoms with Gasteiger partial charge in [-0.1, -0.05) is 6.08 Å². The van der Waals surface area contributed by atoms with Crippen molar-refractivity contribution in [3.63, 3.8) is 0 Å². The van der Waals surface area contributed by atoms with Gasteiger partial charge < -0.3 is 24.8 Å². The number of likely N-dealkylation sites (tertiary alicyclic amines) is 1. The van der Waals surface area contributed by atoms with Crippen molar-refractivity contribution in [2.24, 2.45) is 5.92 Å². The number of nitrogens with one attached hydrogen (secondary N) is 2. The molecule has 3 heterocycles. The Kier molecular flexibility index (Phi) is 8.58. The van der Waals surface area contributed by atoms with E-state index >= 15 is 0 Å². The minimum Gasteiger partial charge on any atom is -0.497 e. The van der Waals surface area contributed by atoms with E-state index in [2.05, 4.69) is 22.2 Å². The Morgan fingerprint density at radius 3 is 2.51 bits per heavy atom. The summed E-state index contributed by atoms with van der Waals surface area (Å²) in [4.78, 5) is 61.7. The maximum absolute atomic E-state index is 13.7. The Morgan fingerprint density at radius 2 is 1.89 bits per heavy atom. The van der Waals surface area contributed by atoms with Crippen LogP contribution in [-0.2, 0) is 19.1 Å². The van der Waals surface area contributed by atoms with Crippen LogP contribution in [0.3, 0.4) is 0 Å². The van der Waals surface area contributed by atoms with Gasteiger partial charge in [0.15, 0.2) is 10.9 Å². The number of pyridine rings is 1. The maximum atomic E-state index is 13.7. The lowest BCUT2D eigenvalue weighted by Crippen LogP contribution is -2.53. The predicted octanol–water partition coefficient (Wildman–Crippen LogP) is 4.73. The number of carbonyl (C=O) groups excluding carboxylic acids is 4. The Labute approximate surface area is 265 Å². The number of benzene rings is 1. The number of nitrogens with zero attached hydrogens (tertiary/aromatic N) is 3. The van der Waals surface area contributed by atoms with Gasteiger partial charge in [0.2, 0.25) is 11.8 Å². The first kappa shape index (κ1) is 31.9. The third-order valence-electron chi connectivity index (χ3n) is 7.79. The second kappa shape index (κ2) is 12.1. The average Bonchev–Trinajstić information content (AvgIpc) is 3.25. The summed E-state index contributed by atoms with van der Waals surface area (Å²) in [5.74, 6) is 0.0476. The number of hydrogen-bond acceptors (Lipinski definition) is 10. The van der Waals surface area contributed by atoms with Crippen molar-refractivity contribution in [1.82, 2.24) is 20.2 Å². The molecular formula is C32H37N5O7S. The van der Waals surface area contributed by atoms with E-state index in [0.29, 0.717) is 45.3 Å². The van der Waals surface area contributed by atoms with Crippen molar-refractivity contribution in [3.8, 4) is 22.9 Å². The average molecular weight is 636 g/mol. The van der Waals surface area contributed by atoms with Crippen LogP contribution in [0.4, 0.5) is 9.93 Å². The monoisotopic (exact) mass is 635 g/mol. The summed E-state index contributed by atoms with van der Waals surface area (Å²) in [6.07, 6.45) is 1.04. The van der Waals surface area contributed by atoms with Gasteiger partial charge in [-0.25, -0.2) is 14.8 Å². The SMILES string of the molecule is C=CC1C[C@]1(NC(=O)[C@@H]1C[C@@H](Oc2cc(-c3csc(NC(C)=O)n3)nc3cc(OC)ccc23)CN1C(=O)OC(C)(C)C)C(C)=O. The lowest BCUT2D eigenvalue weighted by Gasteiger charge is -2.28. The highest BCUT2D eigenvalue weighted by molar-refractivity contribution is 7.14. The van der Waals surface area contributed by atoms with Crippen LogP contribution in [0.1, 0.15) is 47.5 Å². The zero-order valence-electron chi connectivity index (χ0n) is 26.1. The molecule has 1 saturated carbocycles. The summed E-state index contributed by atoms with van der Waals surface area (Å²) in [6, 6.07) is 6.21. The van der Waals surface area contributed by atoms with Crippen LogP contribution in [0, 0.1) is 5.92 Å². The number of anilines is 1. The summed E-state index contributed by atoms with van der Waals surface area (Å²) in [7, 11) is 1.56. The molecule has 3 aromatic rings. The normalized spacial score (nSPS) is 22.4. The Bertz CT molecular complexity index is 1680. The number of thiazole rings is 1. The molecule has 45 heavy (non-hydrogen) atoms. The molecule has 12 nitrogen and oxygen atoms in total. The van der Waals surface area contributed by atoms with Gasteiger partial charge in [0, 0.05) is 42.2 Å². The Balaban J connectivity index is 1.47. The van der Waals surface area contributed by atoms with E-state index in [4.69, 9.17) is 19.2 Å². The third kappa shape index (κ3) is 6.77. The molecule has 1 saturated heterocycles. The molecule has 0 radical (unpaired) electrons.